The molecule has 2 aromatic carbocycles. The summed E-state index contributed by atoms with van der Waals surface area (Å²) in [7, 11) is 1.77. The van der Waals surface area contributed by atoms with Gasteiger partial charge in [-0.15, -0.1) is 0 Å². The highest BCUT2D eigenvalue weighted by Crippen LogP contribution is 2.28. The van der Waals surface area contributed by atoms with E-state index in [0.29, 0.717) is 19.1 Å². The second kappa shape index (κ2) is 7.87. The SMILES string of the molecule is Cc1ccc(C(C)C)c(OCC(=O)N(C)c2ccc3c(c2)nc2n3CCOC2)c1. The molecule has 0 saturated carbocycles. The Morgan fingerprint density at radius 3 is 2.90 bits per heavy atom. The fraction of sp³-hybridized carbons (Fsp3) is 0.391. The number of imidazole rings is 1. The first kappa shape index (κ1) is 19.5. The van der Waals surface area contributed by atoms with Crippen LogP contribution in [-0.2, 0) is 22.7 Å². The summed E-state index contributed by atoms with van der Waals surface area (Å²) in [6.45, 7) is 8.30. The third-order valence-corrected chi connectivity index (χ3v) is 5.40. The molecular formula is C23H27N3O3. The Morgan fingerprint density at radius 2 is 2.10 bits per heavy atom. The molecule has 1 aliphatic rings. The van der Waals surface area contributed by atoms with Gasteiger partial charge < -0.3 is 18.9 Å². The lowest BCUT2D eigenvalue weighted by molar-refractivity contribution is -0.120. The Balaban J connectivity index is 1.50. The molecule has 29 heavy (non-hydrogen) atoms. The highest BCUT2D eigenvalue weighted by atomic mass is 16.5. The van der Waals surface area contributed by atoms with E-state index in [1.807, 2.05) is 31.2 Å². The van der Waals surface area contributed by atoms with Crippen molar-refractivity contribution in [1.82, 2.24) is 9.55 Å². The monoisotopic (exact) mass is 393 g/mol. The van der Waals surface area contributed by atoms with Crippen molar-refractivity contribution in [2.24, 2.45) is 0 Å². The van der Waals surface area contributed by atoms with Gasteiger partial charge in [0.25, 0.3) is 5.91 Å². The molecule has 0 aliphatic carbocycles. The molecule has 152 valence electrons. The molecule has 1 aliphatic heterocycles. The van der Waals surface area contributed by atoms with Crippen LogP contribution in [0.2, 0.25) is 0 Å². The number of ether oxygens (including phenoxy) is 2. The number of fused-ring (bicyclic) bond motifs is 3. The number of aryl methyl sites for hydroxylation is 1. The number of carbonyl (C=O) groups excluding carboxylic acids is 1. The van der Waals surface area contributed by atoms with Crippen molar-refractivity contribution in [3.05, 3.63) is 53.3 Å². The number of nitrogens with zero attached hydrogens (tertiary/aromatic N) is 3. The normalized spacial score (nSPS) is 13.6. The molecule has 0 atom stereocenters. The van der Waals surface area contributed by atoms with Crippen LogP contribution in [0.1, 0.15) is 36.7 Å². The van der Waals surface area contributed by atoms with Crippen LogP contribution in [0.15, 0.2) is 36.4 Å². The molecule has 2 heterocycles. The van der Waals surface area contributed by atoms with E-state index in [1.54, 1.807) is 11.9 Å². The molecule has 3 aromatic rings. The maximum Gasteiger partial charge on any atom is 0.264 e. The van der Waals surface area contributed by atoms with E-state index in [0.717, 1.165) is 46.0 Å². The van der Waals surface area contributed by atoms with Crippen molar-refractivity contribution in [2.75, 3.05) is 25.2 Å². The van der Waals surface area contributed by atoms with Crippen molar-refractivity contribution in [2.45, 2.75) is 39.8 Å². The van der Waals surface area contributed by atoms with E-state index in [-0.39, 0.29) is 12.5 Å². The number of rotatable bonds is 5. The molecule has 0 unspecified atom stereocenters. The topological polar surface area (TPSA) is 56.6 Å². The molecule has 6 heteroatoms. The van der Waals surface area contributed by atoms with Gasteiger partial charge in [-0.2, -0.15) is 0 Å². The van der Waals surface area contributed by atoms with Crippen LogP contribution in [0.25, 0.3) is 11.0 Å². The van der Waals surface area contributed by atoms with Gasteiger partial charge in [-0.05, 0) is 48.2 Å². The predicted octanol–water partition coefficient (Wildman–Crippen LogP) is 4.04. The number of aromatic nitrogens is 2. The van der Waals surface area contributed by atoms with Gasteiger partial charge in [-0.25, -0.2) is 4.98 Å². The molecule has 0 radical (unpaired) electrons. The summed E-state index contributed by atoms with van der Waals surface area (Å²) in [5.74, 6) is 1.94. The predicted molar refractivity (Wildman–Crippen MR) is 114 cm³/mol. The number of amides is 1. The maximum absolute atomic E-state index is 12.8. The summed E-state index contributed by atoms with van der Waals surface area (Å²) in [5.41, 5.74) is 4.98. The summed E-state index contributed by atoms with van der Waals surface area (Å²) >= 11 is 0. The average molecular weight is 393 g/mol. The molecule has 1 aromatic heterocycles. The van der Waals surface area contributed by atoms with Gasteiger partial charge in [0.2, 0.25) is 0 Å². The highest BCUT2D eigenvalue weighted by Gasteiger charge is 2.18. The van der Waals surface area contributed by atoms with Gasteiger partial charge in [-0.1, -0.05) is 26.0 Å². The third-order valence-electron chi connectivity index (χ3n) is 5.40. The van der Waals surface area contributed by atoms with E-state index < -0.39 is 0 Å². The number of carbonyl (C=O) groups is 1. The van der Waals surface area contributed by atoms with Crippen molar-refractivity contribution in [3.63, 3.8) is 0 Å². The lowest BCUT2D eigenvalue weighted by atomic mass is 10.0. The quantitative estimate of drug-likeness (QED) is 0.656. The van der Waals surface area contributed by atoms with E-state index >= 15 is 0 Å². The summed E-state index contributed by atoms with van der Waals surface area (Å²) < 4.78 is 13.6. The summed E-state index contributed by atoms with van der Waals surface area (Å²) in [6.07, 6.45) is 0. The minimum atomic E-state index is -0.104. The first-order valence-electron chi connectivity index (χ1n) is 10.0. The Hall–Kier alpha value is -2.86. The second-order valence-corrected chi connectivity index (χ2v) is 7.84. The van der Waals surface area contributed by atoms with Crippen LogP contribution in [0, 0.1) is 6.92 Å². The van der Waals surface area contributed by atoms with Gasteiger partial charge in [0.15, 0.2) is 6.61 Å². The van der Waals surface area contributed by atoms with Crippen LogP contribution in [0.4, 0.5) is 5.69 Å². The fourth-order valence-electron chi connectivity index (χ4n) is 3.68. The number of anilines is 1. The molecule has 0 bridgehead atoms. The van der Waals surface area contributed by atoms with Crippen molar-refractivity contribution < 1.29 is 14.3 Å². The molecular weight excluding hydrogens is 366 g/mol. The molecule has 0 N–H and O–H groups in total. The van der Waals surface area contributed by atoms with E-state index in [9.17, 15) is 4.79 Å². The van der Waals surface area contributed by atoms with E-state index in [1.165, 1.54) is 0 Å². The molecule has 4 rings (SSSR count). The zero-order chi connectivity index (χ0) is 20.5. The Kier molecular flexibility index (Phi) is 5.28. The number of likely N-dealkylation sites (N-methyl/N-ethyl adjacent to an activating group) is 1. The molecule has 0 fully saturated rings. The van der Waals surface area contributed by atoms with Gasteiger partial charge in [0.1, 0.15) is 18.2 Å². The minimum Gasteiger partial charge on any atom is -0.483 e. The largest absolute Gasteiger partial charge is 0.483 e. The minimum absolute atomic E-state index is 0.00869. The average Bonchev–Trinajstić information content (AvgIpc) is 3.09. The maximum atomic E-state index is 12.8. The standard InChI is InChI=1S/C23H27N3O3/c1-15(2)18-7-5-16(3)11-21(18)29-14-23(27)25(4)17-6-8-20-19(12-17)24-22-13-28-10-9-26(20)22/h5-8,11-12,15H,9-10,13-14H2,1-4H3. The van der Waals surface area contributed by atoms with Crippen molar-refractivity contribution >= 4 is 22.6 Å². The summed E-state index contributed by atoms with van der Waals surface area (Å²) in [5, 5.41) is 0. The number of benzene rings is 2. The Labute approximate surface area is 171 Å². The van der Waals surface area contributed by atoms with Crippen molar-refractivity contribution in [1.29, 1.82) is 0 Å². The lowest BCUT2D eigenvalue weighted by Crippen LogP contribution is -2.31. The molecule has 6 nitrogen and oxygen atoms in total. The first-order valence-corrected chi connectivity index (χ1v) is 10.0. The van der Waals surface area contributed by atoms with Crippen LogP contribution in [-0.4, -0.2) is 35.7 Å². The first-order chi connectivity index (χ1) is 13.9. The zero-order valence-electron chi connectivity index (χ0n) is 17.4. The van der Waals surface area contributed by atoms with E-state index in [4.69, 9.17) is 9.47 Å². The lowest BCUT2D eigenvalue weighted by Gasteiger charge is -2.19. The van der Waals surface area contributed by atoms with Gasteiger partial charge in [0.05, 0.1) is 17.6 Å². The molecule has 0 saturated heterocycles. The second-order valence-electron chi connectivity index (χ2n) is 7.84. The third kappa shape index (κ3) is 3.85. The van der Waals surface area contributed by atoms with Gasteiger partial charge in [0, 0.05) is 19.3 Å². The smallest absolute Gasteiger partial charge is 0.264 e. The fourth-order valence-corrected chi connectivity index (χ4v) is 3.68. The Morgan fingerprint density at radius 1 is 1.28 bits per heavy atom. The summed E-state index contributed by atoms with van der Waals surface area (Å²) in [6, 6.07) is 12.1. The molecule has 1 amide bonds. The van der Waals surface area contributed by atoms with Gasteiger partial charge in [-0.3, -0.25) is 4.79 Å². The Bertz CT molecular complexity index is 1050. The highest BCUT2D eigenvalue weighted by molar-refractivity contribution is 5.95. The van der Waals surface area contributed by atoms with Crippen LogP contribution in [0.3, 0.4) is 0 Å². The van der Waals surface area contributed by atoms with Gasteiger partial charge >= 0.3 is 0 Å². The zero-order valence-corrected chi connectivity index (χ0v) is 17.4. The molecule has 0 spiro atoms. The number of hydrogen-bond acceptors (Lipinski definition) is 4. The number of hydrogen-bond donors (Lipinski definition) is 0. The van der Waals surface area contributed by atoms with E-state index in [2.05, 4.69) is 35.5 Å². The van der Waals surface area contributed by atoms with Crippen molar-refractivity contribution in [3.8, 4) is 5.75 Å². The van der Waals surface area contributed by atoms with Crippen LogP contribution >= 0.6 is 0 Å². The van der Waals surface area contributed by atoms with Crippen LogP contribution in [0.5, 0.6) is 5.75 Å². The summed E-state index contributed by atoms with van der Waals surface area (Å²) in [4.78, 5) is 19.1. The van der Waals surface area contributed by atoms with Crippen LogP contribution < -0.4 is 9.64 Å².